The van der Waals surface area contributed by atoms with Crippen molar-refractivity contribution in [1.29, 1.82) is 0 Å². The molecule has 1 aromatic carbocycles. The summed E-state index contributed by atoms with van der Waals surface area (Å²) in [5, 5.41) is 13.5. The van der Waals surface area contributed by atoms with E-state index in [2.05, 4.69) is 57.3 Å². The summed E-state index contributed by atoms with van der Waals surface area (Å²) >= 11 is 0. The third-order valence-electron chi connectivity index (χ3n) is 3.06. The molecule has 1 rings (SSSR count). The van der Waals surface area contributed by atoms with Crippen molar-refractivity contribution in [3.05, 3.63) is 35.9 Å². The summed E-state index contributed by atoms with van der Waals surface area (Å²) < 4.78 is 0. The van der Waals surface area contributed by atoms with Crippen molar-refractivity contribution in [3.63, 3.8) is 0 Å². The van der Waals surface area contributed by atoms with E-state index in [0.717, 1.165) is 12.8 Å². The highest BCUT2D eigenvalue weighted by atomic mass is 16.3. The minimum atomic E-state index is -0.275. The molecule has 2 N–H and O–H groups in total. The zero-order chi connectivity index (χ0) is 13.6. The molecule has 0 aromatic heterocycles. The first-order valence-electron chi connectivity index (χ1n) is 6.89. The lowest BCUT2D eigenvalue weighted by atomic mass is 9.89. The Kier molecular flexibility index (Phi) is 5.83. The molecule has 0 bridgehead atoms. The highest BCUT2D eigenvalue weighted by molar-refractivity contribution is 5.18. The first-order valence-corrected chi connectivity index (χ1v) is 6.89. The number of hydrogen-bond acceptors (Lipinski definition) is 2. The molecule has 0 radical (unpaired) electrons. The van der Waals surface area contributed by atoms with Crippen molar-refractivity contribution in [2.75, 3.05) is 6.54 Å². The molecule has 2 nitrogen and oxygen atoms in total. The van der Waals surface area contributed by atoms with Crippen LogP contribution in [0.15, 0.2) is 30.3 Å². The molecule has 0 saturated heterocycles. The quantitative estimate of drug-likeness (QED) is 0.808. The number of benzene rings is 1. The van der Waals surface area contributed by atoms with Crippen LogP contribution in [0.2, 0.25) is 0 Å². The van der Waals surface area contributed by atoms with Crippen LogP contribution in [0.4, 0.5) is 0 Å². The van der Waals surface area contributed by atoms with Gasteiger partial charge in [0.15, 0.2) is 0 Å². The molecule has 0 aliphatic carbocycles. The van der Waals surface area contributed by atoms with E-state index in [1.807, 2.05) is 6.07 Å². The Labute approximate surface area is 111 Å². The molecule has 0 heterocycles. The van der Waals surface area contributed by atoms with Crippen molar-refractivity contribution < 1.29 is 5.11 Å². The second-order valence-electron chi connectivity index (χ2n) is 6.20. The van der Waals surface area contributed by atoms with Gasteiger partial charge in [-0.25, -0.2) is 0 Å². The Morgan fingerprint density at radius 1 is 1.17 bits per heavy atom. The van der Waals surface area contributed by atoms with Crippen LogP contribution >= 0.6 is 0 Å². The van der Waals surface area contributed by atoms with E-state index in [1.165, 1.54) is 5.56 Å². The maximum absolute atomic E-state index is 10.0. The van der Waals surface area contributed by atoms with Gasteiger partial charge in [0.2, 0.25) is 0 Å². The van der Waals surface area contributed by atoms with Gasteiger partial charge in [0.25, 0.3) is 0 Å². The van der Waals surface area contributed by atoms with Gasteiger partial charge in [-0.2, -0.15) is 0 Å². The van der Waals surface area contributed by atoms with Gasteiger partial charge in [-0.05, 0) is 23.8 Å². The predicted octanol–water partition coefficient (Wildman–Crippen LogP) is 3.52. The third-order valence-corrected chi connectivity index (χ3v) is 3.06. The number of aliphatic hydroxyl groups excluding tert-OH is 1. The molecule has 0 spiro atoms. The summed E-state index contributed by atoms with van der Waals surface area (Å²) in [6.07, 6.45) is 1.58. The van der Waals surface area contributed by atoms with E-state index in [0.29, 0.717) is 12.6 Å². The van der Waals surface area contributed by atoms with Crippen molar-refractivity contribution in [3.8, 4) is 0 Å². The van der Waals surface area contributed by atoms with Gasteiger partial charge in [-0.3, -0.25) is 0 Å². The number of nitrogens with one attached hydrogen (secondary N) is 1. The normalized spacial score (nSPS) is 15.4. The van der Waals surface area contributed by atoms with Crippen LogP contribution in [0.5, 0.6) is 0 Å². The fourth-order valence-electron chi connectivity index (χ4n) is 2.24. The summed E-state index contributed by atoms with van der Waals surface area (Å²) in [5.74, 6) is 0. The highest BCUT2D eigenvalue weighted by Crippen LogP contribution is 2.21. The average Bonchev–Trinajstić information content (AvgIpc) is 2.29. The van der Waals surface area contributed by atoms with E-state index >= 15 is 0 Å². The largest absolute Gasteiger partial charge is 0.392 e. The summed E-state index contributed by atoms with van der Waals surface area (Å²) in [5.41, 5.74) is 1.47. The van der Waals surface area contributed by atoms with E-state index < -0.39 is 0 Å². The lowest BCUT2D eigenvalue weighted by Gasteiger charge is -2.25. The van der Waals surface area contributed by atoms with Crippen LogP contribution < -0.4 is 5.32 Å². The lowest BCUT2D eigenvalue weighted by Crippen LogP contribution is -2.32. The second kappa shape index (κ2) is 6.91. The molecule has 1 aromatic rings. The third kappa shape index (κ3) is 5.65. The first-order chi connectivity index (χ1) is 8.42. The Bertz CT molecular complexity index is 329. The summed E-state index contributed by atoms with van der Waals surface area (Å²) in [6, 6.07) is 10.8. The molecule has 18 heavy (non-hydrogen) atoms. The highest BCUT2D eigenvalue weighted by Gasteiger charge is 2.17. The van der Waals surface area contributed by atoms with Crippen molar-refractivity contribution in [2.45, 2.75) is 52.7 Å². The minimum Gasteiger partial charge on any atom is -0.392 e. The SMILES string of the molecule is CCC(NCC(O)CC(C)(C)C)c1ccccc1. The number of hydrogen-bond donors (Lipinski definition) is 2. The van der Waals surface area contributed by atoms with Gasteiger partial charge in [-0.1, -0.05) is 58.0 Å². The van der Waals surface area contributed by atoms with Crippen LogP contribution in [-0.2, 0) is 0 Å². The topological polar surface area (TPSA) is 32.3 Å². The van der Waals surface area contributed by atoms with Gasteiger partial charge >= 0.3 is 0 Å². The molecule has 0 fully saturated rings. The van der Waals surface area contributed by atoms with Crippen LogP contribution in [0.1, 0.15) is 52.1 Å². The molecule has 2 unspecified atom stereocenters. The monoisotopic (exact) mass is 249 g/mol. The van der Waals surface area contributed by atoms with Crippen molar-refractivity contribution in [2.24, 2.45) is 5.41 Å². The fourth-order valence-corrected chi connectivity index (χ4v) is 2.24. The second-order valence-corrected chi connectivity index (χ2v) is 6.20. The van der Waals surface area contributed by atoms with Gasteiger partial charge in [0.1, 0.15) is 0 Å². The maximum Gasteiger partial charge on any atom is 0.0669 e. The molecular formula is C16H27NO. The van der Waals surface area contributed by atoms with Crippen LogP contribution in [-0.4, -0.2) is 17.8 Å². The maximum atomic E-state index is 10.0. The molecular weight excluding hydrogens is 222 g/mol. The number of rotatable bonds is 6. The van der Waals surface area contributed by atoms with E-state index in [1.54, 1.807) is 0 Å². The fraction of sp³-hybridized carbons (Fsp3) is 0.625. The Morgan fingerprint density at radius 2 is 1.78 bits per heavy atom. The zero-order valence-electron chi connectivity index (χ0n) is 12.1. The lowest BCUT2D eigenvalue weighted by molar-refractivity contribution is 0.116. The molecule has 0 saturated carbocycles. The van der Waals surface area contributed by atoms with Crippen molar-refractivity contribution >= 4 is 0 Å². The molecule has 0 amide bonds. The summed E-state index contributed by atoms with van der Waals surface area (Å²) in [6.45, 7) is 9.30. The van der Waals surface area contributed by atoms with Gasteiger partial charge in [0, 0.05) is 12.6 Å². The van der Waals surface area contributed by atoms with E-state index in [4.69, 9.17) is 0 Å². The van der Waals surface area contributed by atoms with Crippen molar-refractivity contribution in [1.82, 2.24) is 5.32 Å². The number of aliphatic hydroxyl groups is 1. The van der Waals surface area contributed by atoms with E-state index in [-0.39, 0.29) is 11.5 Å². The first kappa shape index (κ1) is 15.2. The Morgan fingerprint density at radius 3 is 2.28 bits per heavy atom. The predicted molar refractivity (Wildman–Crippen MR) is 77.6 cm³/mol. The van der Waals surface area contributed by atoms with Gasteiger partial charge in [-0.15, -0.1) is 0 Å². The average molecular weight is 249 g/mol. The zero-order valence-corrected chi connectivity index (χ0v) is 12.1. The Balaban J connectivity index is 2.46. The van der Waals surface area contributed by atoms with Crippen LogP contribution in [0, 0.1) is 5.41 Å². The van der Waals surface area contributed by atoms with Crippen LogP contribution in [0.25, 0.3) is 0 Å². The summed E-state index contributed by atoms with van der Waals surface area (Å²) in [4.78, 5) is 0. The Hall–Kier alpha value is -0.860. The smallest absolute Gasteiger partial charge is 0.0669 e. The molecule has 2 heteroatoms. The van der Waals surface area contributed by atoms with Crippen LogP contribution in [0.3, 0.4) is 0 Å². The van der Waals surface area contributed by atoms with E-state index in [9.17, 15) is 5.11 Å². The minimum absolute atomic E-state index is 0.176. The van der Waals surface area contributed by atoms with Gasteiger partial charge < -0.3 is 10.4 Å². The van der Waals surface area contributed by atoms with Gasteiger partial charge in [0.05, 0.1) is 6.10 Å². The molecule has 0 aliphatic rings. The summed E-state index contributed by atoms with van der Waals surface area (Å²) in [7, 11) is 0. The molecule has 102 valence electrons. The standard InChI is InChI=1S/C16H27NO/c1-5-15(13-9-7-6-8-10-13)17-12-14(18)11-16(2,3)4/h6-10,14-15,17-18H,5,11-12H2,1-4H3. The molecule has 2 atom stereocenters. The molecule has 0 aliphatic heterocycles.